The molecule has 176 valence electrons. The number of aliphatic imine (C=N–C) groups is 1. The Morgan fingerprint density at radius 3 is 2.50 bits per heavy atom. The van der Waals surface area contributed by atoms with E-state index in [2.05, 4.69) is 14.7 Å². The number of alkyl halides is 5. The number of rotatable bonds is 5. The number of nitrogens with one attached hydrogen (secondary N) is 1. The Kier molecular flexibility index (Phi) is 8.02. The minimum atomic E-state index is -3.08. The van der Waals surface area contributed by atoms with Crippen molar-refractivity contribution in [3.05, 3.63) is 53.4 Å². The minimum absolute atomic E-state index is 0.0595. The second-order valence-electron chi connectivity index (χ2n) is 6.57. The summed E-state index contributed by atoms with van der Waals surface area (Å²) in [5, 5.41) is 8.41. The Labute approximate surface area is 183 Å². The van der Waals surface area contributed by atoms with Crippen LogP contribution in [-0.4, -0.2) is 58.6 Å². The quantitative estimate of drug-likeness (QED) is 0.482. The highest BCUT2D eigenvalue weighted by atomic mass is 35.5. The lowest BCUT2D eigenvalue weighted by Gasteiger charge is -2.46. The molecule has 1 aliphatic carbocycles. The summed E-state index contributed by atoms with van der Waals surface area (Å²) in [5.74, 6) is -2.52. The molecule has 32 heavy (non-hydrogen) atoms. The molecule has 2 aliphatic rings. The molecule has 4 N–H and O–H groups in total. The average Bonchev–Trinajstić information content (AvgIpc) is 2.71. The van der Waals surface area contributed by atoms with Gasteiger partial charge in [-0.25, -0.2) is 22.9 Å². The number of carboxylic acids is 1. The van der Waals surface area contributed by atoms with Crippen LogP contribution in [0.3, 0.4) is 0 Å². The first-order chi connectivity index (χ1) is 14.9. The maximum absolute atomic E-state index is 14.0. The van der Waals surface area contributed by atoms with Crippen molar-refractivity contribution in [3.8, 4) is 5.75 Å². The molecule has 8 nitrogen and oxygen atoms in total. The van der Waals surface area contributed by atoms with Gasteiger partial charge >= 0.3 is 12.6 Å². The molecule has 3 rings (SSSR count). The lowest BCUT2D eigenvalue weighted by atomic mass is 9.77. The van der Waals surface area contributed by atoms with Crippen LogP contribution in [0.1, 0.15) is 16.9 Å². The predicted molar refractivity (Wildman–Crippen MR) is 104 cm³/mol. The monoisotopic (exact) mass is 483 g/mol. The molecule has 0 fully saturated rings. The molecule has 2 heterocycles. The summed E-state index contributed by atoms with van der Waals surface area (Å²) in [4.78, 5) is 15.2. The smallest absolute Gasteiger partial charge is 0.387 e. The first kappa shape index (κ1) is 25.3. The Hall–Kier alpha value is -2.93. The van der Waals surface area contributed by atoms with Crippen LogP contribution in [-0.2, 0) is 4.74 Å². The van der Waals surface area contributed by atoms with Crippen molar-refractivity contribution in [2.45, 2.75) is 29.9 Å². The number of aromatic carboxylic acids is 1. The molecule has 0 bridgehead atoms. The lowest BCUT2D eigenvalue weighted by Crippen LogP contribution is -2.61. The zero-order valence-corrected chi connectivity index (χ0v) is 16.8. The third-order valence-corrected chi connectivity index (χ3v) is 5.03. The third kappa shape index (κ3) is 5.46. The van der Waals surface area contributed by atoms with Crippen molar-refractivity contribution < 1.29 is 41.3 Å². The predicted octanol–water partition coefficient (Wildman–Crippen LogP) is 3.93. The molecular weight excluding hydrogens is 467 g/mol. The maximum atomic E-state index is 14.0. The summed E-state index contributed by atoms with van der Waals surface area (Å²) >= 11 is 6.09. The van der Waals surface area contributed by atoms with Crippen molar-refractivity contribution >= 4 is 23.4 Å². The molecule has 0 radical (unpaired) electrons. The van der Waals surface area contributed by atoms with Crippen LogP contribution < -0.4 is 10.5 Å². The van der Waals surface area contributed by atoms with Gasteiger partial charge < -0.3 is 26.0 Å². The number of allylic oxidation sites excluding steroid dienone is 3. The fourth-order valence-corrected chi connectivity index (χ4v) is 3.26. The fourth-order valence-electron chi connectivity index (χ4n) is 2.87. The molecule has 1 aromatic rings. The molecule has 1 aromatic heterocycles. The Morgan fingerprint density at radius 2 is 2.00 bits per heavy atom. The van der Waals surface area contributed by atoms with E-state index >= 15 is 0 Å². The topological polar surface area (TPSA) is 131 Å². The molecule has 0 aromatic carbocycles. The summed E-state index contributed by atoms with van der Waals surface area (Å²) in [6.45, 7) is -3.59. The van der Waals surface area contributed by atoms with Crippen LogP contribution in [0.4, 0.5) is 22.0 Å². The highest BCUT2D eigenvalue weighted by Crippen LogP contribution is 2.50. The Morgan fingerprint density at radius 1 is 1.31 bits per heavy atom. The first-order valence-electron chi connectivity index (χ1n) is 8.73. The minimum Gasteiger partial charge on any atom is -0.702 e. The van der Waals surface area contributed by atoms with E-state index in [1.165, 1.54) is 6.08 Å². The molecule has 2 atom stereocenters. The van der Waals surface area contributed by atoms with Gasteiger partial charge in [0.05, 0.1) is 12.8 Å². The van der Waals surface area contributed by atoms with Crippen LogP contribution >= 0.6 is 11.6 Å². The van der Waals surface area contributed by atoms with Gasteiger partial charge in [0, 0.05) is 0 Å². The van der Waals surface area contributed by atoms with Crippen molar-refractivity contribution in [1.29, 1.82) is 0 Å². The van der Waals surface area contributed by atoms with Crippen LogP contribution in [0.2, 0.25) is 0 Å². The molecule has 0 saturated heterocycles. The maximum Gasteiger partial charge on any atom is 0.387 e. The van der Waals surface area contributed by atoms with E-state index in [0.29, 0.717) is 0 Å². The van der Waals surface area contributed by atoms with Gasteiger partial charge in [0.1, 0.15) is 34.6 Å². The van der Waals surface area contributed by atoms with Crippen molar-refractivity contribution in [2.75, 3.05) is 13.2 Å². The van der Waals surface area contributed by atoms with Gasteiger partial charge in [-0.05, 0) is 24.6 Å². The molecule has 0 amide bonds. The van der Waals surface area contributed by atoms with Crippen molar-refractivity contribution in [2.24, 2.45) is 10.7 Å². The second kappa shape index (κ2) is 10.1. The van der Waals surface area contributed by atoms with Gasteiger partial charge in [0.15, 0.2) is 5.54 Å². The normalized spacial score (nSPS) is 25.3. The van der Waals surface area contributed by atoms with Gasteiger partial charge in [-0.1, -0.05) is 6.08 Å². The van der Waals surface area contributed by atoms with Crippen LogP contribution in [0.15, 0.2) is 47.0 Å². The second-order valence-corrected chi connectivity index (χ2v) is 7.21. The van der Waals surface area contributed by atoms with E-state index < -0.39 is 48.3 Å². The van der Waals surface area contributed by atoms with Crippen LogP contribution in [0.5, 0.6) is 5.75 Å². The first-order valence-corrected chi connectivity index (χ1v) is 9.10. The average molecular weight is 484 g/mol. The lowest BCUT2D eigenvalue weighted by molar-refractivity contribution is -0.0500. The number of carbonyl (C=O) groups is 1. The van der Waals surface area contributed by atoms with Crippen LogP contribution in [0, 0.1) is 0 Å². The number of halogens is 6. The summed E-state index contributed by atoms with van der Waals surface area (Å²) < 4.78 is 73.1. The van der Waals surface area contributed by atoms with E-state index in [9.17, 15) is 26.7 Å². The van der Waals surface area contributed by atoms with Gasteiger partial charge in [0.25, 0.3) is 6.43 Å². The van der Waals surface area contributed by atoms with E-state index in [1.54, 1.807) is 0 Å². The van der Waals surface area contributed by atoms with Gasteiger partial charge in [-0.3, -0.25) is 4.99 Å². The number of hydrogen-bond acceptors (Lipinski definition) is 6. The van der Waals surface area contributed by atoms with Crippen molar-refractivity contribution in [1.82, 2.24) is 4.98 Å². The number of hydrogen-bond donors (Lipinski definition) is 2. The zero-order chi connectivity index (χ0) is 24.1. The van der Waals surface area contributed by atoms with E-state index in [1.807, 2.05) is 0 Å². The fraction of sp³-hybridized carbons (Fsp3) is 0.389. The summed E-state index contributed by atoms with van der Waals surface area (Å²) in [5.41, 5.74) is 10.3. The van der Waals surface area contributed by atoms with E-state index in [-0.39, 0.29) is 29.6 Å². The zero-order valence-electron chi connectivity index (χ0n) is 16.1. The number of nitrogens with two attached hydrogens (primary N) is 1. The number of ether oxygens (including phenoxy) is 2. The highest BCUT2D eigenvalue weighted by molar-refractivity contribution is 6.27. The number of nitrogens with zero attached hydrogens (tertiary/aromatic N) is 2. The third-order valence-electron chi connectivity index (χ3n) is 4.39. The Balaban J connectivity index is 0.000000244. The summed E-state index contributed by atoms with van der Waals surface area (Å²) in [6.07, 6.45) is -0.472. The molecule has 1 unspecified atom stereocenters. The van der Waals surface area contributed by atoms with Gasteiger partial charge in [-0.15, -0.1) is 11.6 Å². The number of carboxylic acid groups (broad SMARTS) is 1. The van der Waals surface area contributed by atoms with Gasteiger partial charge in [0.2, 0.25) is 0 Å². The van der Waals surface area contributed by atoms with E-state index in [4.69, 9.17) is 32.9 Å². The molecular formula is C18H17ClF5N4O4-. The number of pyridine rings is 1. The highest BCUT2D eigenvalue weighted by Gasteiger charge is 2.61. The Bertz CT molecular complexity index is 928. The van der Waals surface area contributed by atoms with Gasteiger partial charge in [-0.2, -0.15) is 14.5 Å². The number of amidine groups is 1. The van der Waals surface area contributed by atoms with E-state index in [0.717, 1.165) is 24.4 Å². The molecule has 14 heteroatoms. The molecule has 1 aliphatic heterocycles. The largest absolute Gasteiger partial charge is 0.702 e. The summed E-state index contributed by atoms with van der Waals surface area (Å²) in [6, 6.07) is 2.20. The summed E-state index contributed by atoms with van der Waals surface area (Å²) in [7, 11) is 0. The molecule has 0 saturated carbocycles. The van der Waals surface area contributed by atoms with Crippen LogP contribution in [0.25, 0.3) is 5.73 Å². The molecule has 0 spiro atoms. The standard InChI is InChI=1S/C11H12ClF3N3O.C7H5F2NO3/c12-10(3-6(16)1-2-7(10)13)11(9(14)15)5-19-4-8(17)18-11;8-7(9)13-4-1-2-5(6(11)12)10-3-4/h1-2,9,16H,3-5H2,(H2,17,18);1-3,7H,(H,11,12)/q-1;/t10?,11-;/m1./s1. The number of aromatic nitrogens is 1. The van der Waals surface area contributed by atoms with Crippen molar-refractivity contribution in [3.63, 3.8) is 0 Å². The SMILES string of the molecule is O=C(O)c1ccc(OC(F)F)cn1.[NH-]C1=CC=C(F)C(Cl)([C@]2(C(F)F)COCC(N)=N2)C1.